The number of benzene rings is 1. The molecule has 0 radical (unpaired) electrons. The first-order valence-electron chi connectivity index (χ1n) is 4.84. The first kappa shape index (κ1) is 8.91. The number of nitrogens with one attached hydrogen (secondary N) is 1. The summed E-state index contributed by atoms with van der Waals surface area (Å²) in [6, 6.07) is 3.75. The summed E-state index contributed by atoms with van der Waals surface area (Å²) in [5.74, 6) is 0.724. The molecule has 0 aromatic heterocycles. The second kappa shape index (κ2) is 3.34. The van der Waals surface area contributed by atoms with Crippen LogP contribution in [0.3, 0.4) is 0 Å². The molecule has 2 heterocycles. The van der Waals surface area contributed by atoms with Gasteiger partial charge in [-0.3, -0.25) is 4.79 Å². The number of hydrogen-bond donors (Lipinski definition) is 1. The Bertz CT molecular complexity index is 642. The van der Waals surface area contributed by atoms with Crippen molar-refractivity contribution in [3.63, 3.8) is 0 Å². The number of fused-ring (bicyclic) bond motifs is 2. The summed E-state index contributed by atoms with van der Waals surface area (Å²) in [6.07, 6.45) is 7.52. The zero-order valence-electron chi connectivity index (χ0n) is 8.31. The monoisotopic (exact) mass is 212 g/mol. The van der Waals surface area contributed by atoms with Crippen molar-refractivity contribution in [1.82, 2.24) is 0 Å². The van der Waals surface area contributed by atoms with Crippen molar-refractivity contribution in [2.45, 2.75) is 0 Å². The topological polar surface area (TPSA) is 50.7 Å². The third-order valence-corrected chi connectivity index (χ3v) is 2.45. The van der Waals surface area contributed by atoms with Crippen LogP contribution in [0, 0.1) is 0 Å². The molecule has 0 atom stereocenters. The smallest absolute Gasteiger partial charge is 0.166 e. The van der Waals surface area contributed by atoms with Gasteiger partial charge < -0.3 is 10.1 Å². The Balaban J connectivity index is 2.23. The number of carbonyl (C=O) groups is 1. The van der Waals surface area contributed by atoms with Gasteiger partial charge in [0.2, 0.25) is 0 Å². The lowest BCUT2D eigenvalue weighted by molar-refractivity contribution is -0.104. The quantitative estimate of drug-likeness (QED) is 0.688. The maximum atomic E-state index is 10.6. The number of aldehydes is 1. The van der Waals surface area contributed by atoms with E-state index in [1.807, 2.05) is 18.2 Å². The maximum absolute atomic E-state index is 10.6. The van der Waals surface area contributed by atoms with Crippen LogP contribution in [0.1, 0.15) is 0 Å². The fourth-order valence-corrected chi connectivity index (χ4v) is 1.69. The summed E-state index contributed by atoms with van der Waals surface area (Å²) < 4.78 is 5.33. The number of anilines is 1. The first-order chi connectivity index (χ1) is 7.86. The minimum atomic E-state index is 0.541. The standard InChI is InChI=1S/C12H8N2O2/c15-7-9-2-1-8-5-12-11(6-10(8)14-9)13-3-4-16-12/h1-7,14H. The Morgan fingerprint density at radius 1 is 1.31 bits per heavy atom. The molecule has 4 nitrogen and oxygen atoms in total. The average Bonchev–Trinajstić information content (AvgIpc) is 2.35. The second-order valence-electron chi connectivity index (χ2n) is 3.47. The van der Waals surface area contributed by atoms with Gasteiger partial charge in [0.15, 0.2) is 12.0 Å². The molecule has 2 aliphatic rings. The SMILES string of the molecule is O=CC1=CC=c2cc3c(cc2N1)=NC=CO3. The van der Waals surface area contributed by atoms with Crippen molar-refractivity contribution >= 4 is 18.0 Å². The molecular formula is C12H8N2O2. The molecule has 16 heavy (non-hydrogen) atoms. The van der Waals surface area contributed by atoms with Crippen molar-refractivity contribution in [2.75, 3.05) is 5.32 Å². The maximum Gasteiger partial charge on any atom is 0.166 e. The minimum Gasteiger partial charge on any atom is -0.461 e. The van der Waals surface area contributed by atoms with Crippen LogP contribution >= 0.6 is 0 Å². The van der Waals surface area contributed by atoms with Crippen molar-refractivity contribution < 1.29 is 9.53 Å². The highest BCUT2D eigenvalue weighted by Gasteiger charge is 2.08. The number of ether oxygens (including phenoxy) is 1. The normalized spacial score (nSPS) is 15.4. The largest absolute Gasteiger partial charge is 0.461 e. The van der Waals surface area contributed by atoms with E-state index < -0.39 is 0 Å². The molecule has 78 valence electrons. The molecular weight excluding hydrogens is 204 g/mol. The van der Waals surface area contributed by atoms with E-state index >= 15 is 0 Å². The number of carbonyl (C=O) groups excluding carboxylic acids is 1. The number of nitrogens with zero attached hydrogens (tertiary/aromatic N) is 1. The molecule has 2 aliphatic heterocycles. The zero-order chi connectivity index (χ0) is 11.0. The minimum absolute atomic E-state index is 0.541. The third-order valence-electron chi connectivity index (χ3n) is 2.45. The lowest BCUT2D eigenvalue weighted by atomic mass is 10.1. The molecule has 0 saturated carbocycles. The Morgan fingerprint density at radius 2 is 2.25 bits per heavy atom. The highest BCUT2D eigenvalue weighted by Crippen LogP contribution is 2.11. The van der Waals surface area contributed by atoms with Gasteiger partial charge in [-0.2, -0.15) is 0 Å². The van der Waals surface area contributed by atoms with Crippen LogP contribution in [0.5, 0.6) is 5.75 Å². The fraction of sp³-hybridized carbons (Fsp3) is 0. The highest BCUT2D eigenvalue weighted by molar-refractivity contribution is 5.83. The molecule has 0 bridgehead atoms. The van der Waals surface area contributed by atoms with Crippen LogP contribution in [0.15, 0.2) is 41.4 Å². The summed E-state index contributed by atoms with van der Waals surface area (Å²) in [6.45, 7) is 0. The van der Waals surface area contributed by atoms with Gasteiger partial charge in [-0.15, -0.1) is 0 Å². The number of rotatable bonds is 1. The van der Waals surface area contributed by atoms with Crippen molar-refractivity contribution in [1.29, 1.82) is 0 Å². The molecule has 0 spiro atoms. The molecule has 1 aromatic rings. The van der Waals surface area contributed by atoms with Crippen LogP contribution in [0.25, 0.3) is 6.08 Å². The van der Waals surface area contributed by atoms with E-state index in [2.05, 4.69) is 10.3 Å². The predicted octanol–water partition coefficient (Wildman–Crippen LogP) is 0.459. The van der Waals surface area contributed by atoms with Crippen molar-refractivity contribution in [3.8, 4) is 5.75 Å². The molecule has 1 aromatic carbocycles. The van der Waals surface area contributed by atoms with Gasteiger partial charge in [0.25, 0.3) is 0 Å². The van der Waals surface area contributed by atoms with Crippen LogP contribution in [-0.2, 0) is 4.79 Å². The van der Waals surface area contributed by atoms with E-state index in [0.717, 1.165) is 28.3 Å². The molecule has 0 unspecified atom stereocenters. The molecule has 4 heteroatoms. The predicted molar refractivity (Wildman–Crippen MR) is 59.2 cm³/mol. The van der Waals surface area contributed by atoms with Gasteiger partial charge in [0, 0.05) is 10.9 Å². The Kier molecular flexibility index (Phi) is 1.86. The van der Waals surface area contributed by atoms with Crippen molar-refractivity contribution in [2.24, 2.45) is 4.99 Å². The molecule has 3 rings (SSSR count). The summed E-state index contributed by atoms with van der Waals surface area (Å²) in [7, 11) is 0. The van der Waals surface area contributed by atoms with Gasteiger partial charge in [0.05, 0.1) is 11.9 Å². The second-order valence-corrected chi connectivity index (χ2v) is 3.47. The van der Waals surface area contributed by atoms with Crippen LogP contribution in [-0.4, -0.2) is 6.29 Å². The Labute approximate surface area is 91.3 Å². The third kappa shape index (κ3) is 1.32. The fourth-order valence-electron chi connectivity index (χ4n) is 1.69. The van der Waals surface area contributed by atoms with E-state index in [-0.39, 0.29) is 0 Å². The van der Waals surface area contributed by atoms with Gasteiger partial charge in [0.1, 0.15) is 11.6 Å². The van der Waals surface area contributed by atoms with Gasteiger partial charge in [-0.05, 0) is 18.2 Å². The summed E-state index contributed by atoms with van der Waals surface area (Å²) in [4.78, 5) is 14.8. The summed E-state index contributed by atoms with van der Waals surface area (Å²) in [5.41, 5.74) is 1.41. The molecule has 0 amide bonds. The lowest BCUT2D eigenvalue weighted by Crippen LogP contribution is -2.21. The van der Waals surface area contributed by atoms with Gasteiger partial charge in [-0.25, -0.2) is 4.99 Å². The van der Waals surface area contributed by atoms with Gasteiger partial charge >= 0.3 is 0 Å². The van der Waals surface area contributed by atoms with E-state index in [1.54, 1.807) is 12.3 Å². The molecule has 0 aliphatic carbocycles. The van der Waals surface area contributed by atoms with E-state index in [0.29, 0.717) is 5.70 Å². The van der Waals surface area contributed by atoms with E-state index in [9.17, 15) is 4.79 Å². The summed E-state index contributed by atoms with van der Waals surface area (Å²) in [5, 5.41) is 4.76. The Hall–Kier alpha value is -2.36. The lowest BCUT2D eigenvalue weighted by Gasteiger charge is -2.12. The van der Waals surface area contributed by atoms with E-state index in [4.69, 9.17) is 4.74 Å². The molecule has 0 saturated heterocycles. The molecule has 0 fully saturated rings. The average molecular weight is 212 g/mol. The number of hydrogen-bond acceptors (Lipinski definition) is 4. The van der Waals surface area contributed by atoms with Crippen LogP contribution < -0.4 is 20.6 Å². The highest BCUT2D eigenvalue weighted by atomic mass is 16.5. The van der Waals surface area contributed by atoms with Crippen LogP contribution in [0.4, 0.5) is 5.69 Å². The van der Waals surface area contributed by atoms with E-state index in [1.165, 1.54) is 6.26 Å². The zero-order valence-corrected chi connectivity index (χ0v) is 8.31. The number of allylic oxidation sites excluding steroid dienone is 2. The summed E-state index contributed by atoms with van der Waals surface area (Å²) >= 11 is 0. The van der Waals surface area contributed by atoms with Crippen LogP contribution in [0.2, 0.25) is 0 Å². The first-order valence-corrected chi connectivity index (χ1v) is 4.84. The Morgan fingerprint density at radius 3 is 3.12 bits per heavy atom. The van der Waals surface area contributed by atoms with Crippen molar-refractivity contribution in [3.05, 3.63) is 46.9 Å². The van der Waals surface area contributed by atoms with Gasteiger partial charge in [-0.1, -0.05) is 6.08 Å². The molecule has 1 N–H and O–H groups in total.